The molecule has 2 aromatic carbocycles. The van der Waals surface area contributed by atoms with Crippen molar-refractivity contribution in [3.63, 3.8) is 0 Å². The molecule has 3 rings (SSSR count). The van der Waals surface area contributed by atoms with Crippen LogP contribution in [0.25, 0.3) is 5.76 Å². The lowest BCUT2D eigenvalue weighted by molar-refractivity contribution is -0.140. The van der Waals surface area contributed by atoms with Crippen molar-refractivity contribution in [1.29, 1.82) is 0 Å². The van der Waals surface area contributed by atoms with E-state index in [0.717, 1.165) is 0 Å². The molecule has 8 nitrogen and oxygen atoms in total. The Morgan fingerprint density at radius 3 is 2.47 bits per heavy atom. The molecule has 32 heavy (non-hydrogen) atoms. The highest BCUT2D eigenvalue weighted by Crippen LogP contribution is 2.43. The minimum Gasteiger partial charge on any atom is -0.507 e. The Morgan fingerprint density at radius 2 is 1.84 bits per heavy atom. The van der Waals surface area contributed by atoms with Crippen LogP contribution in [-0.2, 0) is 14.3 Å². The molecule has 0 aliphatic carbocycles. The van der Waals surface area contributed by atoms with Crippen molar-refractivity contribution in [1.82, 2.24) is 4.90 Å². The van der Waals surface area contributed by atoms with Gasteiger partial charge in [0.05, 0.1) is 36.4 Å². The molecule has 170 valence electrons. The van der Waals surface area contributed by atoms with Crippen LogP contribution in [0.2, 0.25) is 5.02 Å². The van der Waals surface area contributed by atoms with Crippen LogP contribution in [0.1, 0.15) is 23.6 Å². The zero-order valence-electron chi connectivity index (χ0n) is 17.9. The number of ketones is 1. The molecule has 2 aromatic rings. The molecule has 1 fully saturated rings. The number of carbonyl (C=O) groups is 2. The van der Waals surface area contributed by atoms with Crippen molar-refractivity contribution in [2.75, 3.05) is 34.5 Å². The fourth-order valence-electron chi connectivity index (χ4n) is 3.67. The van der Waals surface area contributed by atoms with Gasteiger partial charge in [-0.3, -0.25) is 9.59 Å². The summed E-state index contributed by atoms with van der Waals surface area (Å²) in [4.78, 5) is 27.3. The van der Waals surface area contributed by atoms with Gasteiger partial charge in [0.1, 0.15) is 23.0 Å². The van der Waals surface area contributed by atoms with E-state index >= 15 is 0 Å². The van der Waals surface area contributed by atoms with Crippen molar-refractivity contribution < 1.29 is 34.0 Å². The number of carbonyl (C=O) groups excluding carboxylic acids is 2. The molecule has 1 atom stereocenters. The Labute approximate surface area is 190 Å². The lowest BCUT2D eigenvalue weighted by Crippen LogP contribution is -2.31. The van der Waals surface area contributed by atoms with Gasteiger partial charge in [0, 0.05) is 20.3 Å². The number of hydrogen-bond donors (Lipinski definition) is 2. The molecule has 0 bridgehead atoms. The molecular weight excluding hydrogens is 438 g/mol. The first-order chi connectivity index (χ1) is 15.3. The number of hydrogen-bond acceptors (Lipinski definition) is 7. The Morgan fingerprint density at radius 1 is 1.09 bits per heavy atom. The van der Waals surface area contributed by atoms with E-state index in [-0.39, 0.29) is 28.5 Å². The fraction of sp³-hybridized carbons (Fsp3) is 0.304. The van der Waals surface area contributed by atoms with Crippen molar-refractivity contribution in [3.05, 3.63) is 58.1 Å². The normalized spacial score (nSPS) is 17.6. The number of aromatic hydroxyl groups is 1. The number of ether oxygens (including phenoxy) is 3. The number of halogens is 1. The number of amides is 1. The van der Waals surface area contributed by atoms with Gasteiger partial charge in [-0.2, -0.15) is 0 Å². The number of phenolic OH excluding ortho intramolecular Hbond substituents is 1. The molecule has 1 aliphatic rings. The smallest absolute Gasteiger partial charge is 0.295 e. The van der Waals surface area contributed by atoms with Crippen LogP contribution in [0, 0.1) is 0 Å². The number of Topliss-reactive ketones (excluding diaryl/α,β-unsaturated/α-hetero) is 1. The van der Waals surface area contributed by atoms with Crippen LogP contribution in [0.15, 0.2) is 42.0 Å². The molecule has 1 amide bonds. The first-order valence-electron chi connectivity index (χ1n) is 9.82. The van der Waals surface area contributed by atoms with Crippen molar-refractivity contribution >= 4 is 29.1 Å². The van der Waals surface area contributed by atoms with E-state index in [4.69, 9.17) is 25.8 Å². The third-order valence-electron chi connectivity index (χ3n) is 5.24. The molecule has 1 unspecified atom stereocenters. The zero-order chi connectivity index (χ0) is 23.4. The summed E-state index contributed by atoms with van der Waals surface area (Å²) in [5.74, 6) is -1.39. The summed E-state index contributed by atoms with van der Waals surface area (Å²) in [6, 6.07) is 8.24. The minimum absolute atomic E-state index is 0.0592. The topological polar surface area (TPSA) is 106 Å². The van der Waals surface area contributed by atoms with Crippen molar-refractivity contribution in [3.8, 4) is 17.2 Å². The van der Waals surface area contributed by atoms with Gasteiger partial charge >= 0.3 is 0 Å². The number of rotatable bonds is 8. The second kappa shape index (κ2) is 9.93. The third-order valence-corrected chi connectivity index (χ3v) is 5.54. The van der Waals surface area contributed by atoms with Crippen molar-refractivity contribution in [2.24, 2.45) is 0 Å². The number of likely N-dealkylation sites (tertiary alicyclic amines) is 1. The van der Waals surface area contributed by atoms with Crippen LogP contribution < -0.4 is 9.47 Å². The monoisotopic (exact) mass is 461 g/mol. The SMILES string of the molecule is COCCCN1C(=O)C(=O)/C(=C(/O)c2cc(OC)ccc2OC)C1c1ccc(O)c(Cl)c1. The maximum atomic E-state index is 13.1. The predicted octanol–water partition coefficient (Wildman–Crippen LogP) is 3.52. The summed E-state index contributed by atoms with van der Waals surface area (Å²) < 4.78 is 15.6. The van der Waals surface area contributed by atoms with Gasteiger partial charge in [-0.25, -0.2) is 0 Å². The van der Waals surface area contributed by atoms with E-state index in [2.05, 4.69) is 0 Å². The van der Waals surface area contributed by atoms with Crippen LogP contribution in [0.3, 0.4) is 0 Å². The molecule has 0 spiro atoms. The average Bonchev–Trinajstić information content (AvgIpc) is 3.05. The highest BCUT2D eigenvalue weighted by atomic mass is 35.5. The van der Waals surface area contributed by atoms with Crippen LogP contribution in [0.5, 0.6) is 17.2 Å². The molecule has 1 aliphatic heterocycles. The largest absolute Gasteiger partial charge is 0.507 e. The number of aliphatic hydroxyl groups excluding tert-OH is 1. The second-order valence-electron chi connectivity index (χ2n) is 7.12. The van der Waals surface area contributed by atoms with Gasteiger partial charge < -0.3 is 29.3 Å². The number of phenols is 1. The van der Waals surface area contributed by atoms with Crippen LogP contribution >= 0.6 is 11.6 Å². The first kappa shape index (κ1) is 23.4. The molecule has 9 heteroatoms. The minimum atomic E-state index is -0.916. The predicted molar refractivity (Wildman–Crippen MR) is 118 cm³/mol. The van der Waals surface area contributed by atoms with Crippen molar-refractivity contribution in [2.45, 2.75) is 12.5 Å². The van der Waals surface area contributed by atoms with E-state index in [1.165, 1.54) is 37.3 Å². The quantitative estimate of drug-likeness (QED) is 0.268. The third kappa shape index (κ3) is 4.37. The summed E-state index contributed by atoms with van der Waals surface area (Å²) in [5.41, 5.74) is 0.560. The van der Waals surface area contributed by atoms with Gasteiger partial charge in [-0.05, 0) is 42.3 Å². The summed E-state index contributed by atoms with van der Waals surface area (Å²) in [5, 5.41) is 21.1. The molecule has 2 N–H and O–H groups in total. The second-order valence-corrected chi connectivity index (χ2v) is 7.52. The van der Waals surface area contributed by atoms with Gasteiger partial charge in [0.25, 0.3) is 11.7 Å². The Kier molecular flexibility index (Phi) is 7.27. The number of aliphatic hydroxyl groups is 1. The maximum absolute atomic E-state index is 13.1. The molecule has 0 aromatic heterocycles. The molecule has 1 saturated heterocycles. The Balaban J connectivity index is 2.21. The highest BCUT2D eigenvalue weighted by molar-refractivity contribution is 6.46. The van der Waals surface area contributed by atoms with Crippen LogP contribution in [0.4, 0.5) is 0 Å². The van der Waals surface area contributed by atoms with Gasteiger partial charge in [0.2, 0.25) is 0 Å². The highest BCUT2D eigenvalue weighted by Gasteiger charge is 2.46. The van der Waals surface area contributed by atoms with E-state index in [0.29, 0.717) is 30.1 Å². The van der Waals surface area contributed by atoms with E-state index in [9.17, 15) is 19.8 Å². The van der Waals surface area contributed by atoms with E-state index < -0.39 is 23.5 Å². The van der Waals surface area contributed by atoms with Gasteiger partial charge in [0.15, 0.2) is 0 Å². The summed E-state index contributed by atoms with van der Waals surface area (Å²) in [6.45, 7) is 0.601. The lowest BCUT2D eigenvalue weighted by atomic mass is 9.94. The Bertz CT molecular complexity index is 1070. The molecule has 0 radical (unpaired) electrons. The number of nitrogens with zero attached hydrogens (tertiary/aromatic N) is 1. The van der Waals surface area contributed by atoms with E-state index in [1.54, 1.807) is 25.3 Å². The summed E-state index contributed by atoms with van der Waals surface area (Å²) in [6.07, 6.45) is 0.481. The zero-order valence-corrected chi connectivity index (χ0v) is 18.7. The van der Waals surface area contributed by atoms with Gasteiger partial charge in [-0.1, -0.05) is 17.7 Å². The summed E-state index contributed by atoms with van der Waals surface area (Å²) in [7, 11) is 4.44. The summed E-state index contributed by atoms with van der Waals surface area (Å²) >= 11 is 6.10. The van der Waals surface area contributed by atoms with Crippen LogP contribution in [-0.4, -0.2) is 61.3 Å². The standard InChI is InChI=1S/C23H24ClNO7/c1-30-10-4-9-25-20(13-5-7-17(26)16(24)11-13)19(22(28)23(25)29)21(27)15-12-14(31-2)6-8-18(15)32-3/h5-8,11-12,20,26-27H,4,9-10H2,1-3H3/b21-19+. The number of methoxy groups -OCH3 is 3. The molecular formula is C23H24ClNO7. The Hall–Kier alpha value is -3.23. The first-order valence-corrected chi connectivity index (χ1v) is 10.2. The van der Waals surface area contributed by atoms with E-state index in [1.807, 2.05) is 0 Å². The molecule has 0 saturated carbocycles. The molecule has 1 heterocycles. The fourth-order valence-corrected chi connectivity index (χ4v) is 3.86. The number of benzene rings is 2. The lowest BCUT2D eigenvalue weighted by Gasteiger charge is -2.25. The van der Waals surface area contributed by atoms with Gasteiger partial charge in [-0.15, -0.1) is 0 Å². The average molecular weight is 462 g/mol. The maximum Gasteiger partial charge on any atom is 0.295 e.